The first-order valence-corrected chi connectivity index (χ1v) is 7.64. The van der Waals surface area contributed by atoms with Crippen molar-refractivity contribution in [2.45, 2.75) is 45.6 Å². The fourth-order valence-corrected chi connectivity index (χ4v) is 3.24. The van der Waals surface area contributed by atoms with E-state index >= 15 is 0 Å². The minimum Gasteiger partial charge on any atom is -0.408 e. The molecule has 2 aromatic rings. The molecule has 0 aliphatic heterocycles. The Morgan fingerprint density at radius 2 is 2.21 bits per heavy atom. The summed E-state index contributed by atoms with van der Waals surface area (Å²) in [6.45, 7) is 2.70. The zero-order chi connectivity index (χ0) is 13.1. The highest BCUT2D eigenvalue weighted by atomic mass is 32.1. The van der Waals surface area contributed by atoms with Crippen molar-refractivity contribution in [1.82, 2.24) is 15.2 Å². The maximum atomic E-state index is 5.63. The maximum Gasteiger partial charge on any atom is 0.315 e. The highest BCUT2D eigenvalue weighted by Gasteiger charge is 2.18. The van der Waals surface area contributed by atoms with E-state index in [9.17, 15) is 0 Å². The minimum atomic E-state index is 0.515. The SMILES string of the molecule is Cc1ncsc1CNc1nnc(CC2CCCC2)o1. The Balaban J connectivity index is 1.54. The van der Waals surface area contributed by atoms with Crippen LogP contribution in [0.3, 0.4) is 0 Å². The van der Waals surface area contributed by atoms with Gasteiger partial charge in [0.1, 0.15) is 0 Å². The summed E-state index contributed by atoms with van der Waals surface area (Å²) < 4.78 is 5.63. The van der Waals surface area contributed by atoms with Crippen LogP contribution in [0.2, 0.25) is 0 Å². The summed E-state index contributed by atoms with van der Waals surface area (Å²) in [4.78, 5) is 5.42. The van der Waals surface area contributed by atoms with E-state index in [2.05, 4.69) is 20.5 Å². The number of hydrogen-bond acceptors (Lipinski definition) is 6. The van der Waals surface area contributed by atoms with Crippen molar-refractivity contribution < 1.29 is 4.42 Å². The van der Waals surface area contributed by atoms with E-state index in [1.165, 1.54) is 30.6 Å². The molecule has 102 valence electrons. The molecule has 0 radical (unpaired) electrons. The predicted molar refractivity (Wildman–Crippen MR) is 74.1 cm³/mol. The van der Waals surface area contributed by atoms with Gasteiger partial charge in [0.15, 0.2) is 0 Å². The molecule has 0 aromatic carbocycles. The van der Waals surface area contributed by atoms with Crippen LogP contribution in [0.15, 0.2) is 9.93 Å². The lowest BCUT2D eigenvalue weighted by Gasteiger charge is -2.03. The van der Waals surface area contributed by atoms with Crippen LogP contribution in [-0.4, -0.2) is 15.2 Å². The van der Waals surface area contributed by atoms with Crippen molar-refractivity contribution in [2.75, 3.05) is 5.32 Å². The molecule has 6 heteroatoms. The molecule has 1 aliphatic rings. The molecular weight excluding hydrogens is 260 g/mol. The van der Waals surface area contributed by atoms with Gasteiger partial charge in [0.05, 0.1) is 17.7 Å². The molecule has 0 spiro atoms. The van der Waals surface area contributed by atoms with Gasteiger partial charge in [-0.1, -0.05) is 17.9 Å². The summed E-state index contributed by atoms with van der Waals surface area (Å²) in [7, 11) is 0. The Hall–Kier alpha value is -1.43. The molecule has 0 unspecified atom stereocenters. The Bertz CT molecular complexity index is 530. The van der Waals surface area contributed by atoms with Gasteiger partial charge in [-0.05, 0) is 25.7 Å². The molecule has 5 nitrogen and oxygen atoms in total. The van der Waals surface area contributed by atoms with E-state index in [0.717, 1.165) is 23.9 Å². The number of aromatic nitrogens is 3. The highest BCUT2D eigenvalue weighted by Crippen LogP contribution is 2.28. The number of aryl methyl sites for hydroxylation is 1. The molecule has 2 heterocycles. The predicted octanol–water partition coefficient (Wildman–Crippen LogP) is 3.18. The van der Waals surface area contributed by atoms with Gasteiger partial charge in [0, 0.05) is 11.3 Å². The number of rotatable bonds is 5. The molecule has 19 heavy (non-hydrogen) atoms. The van der Waals surface area contributed by atoms with Gasteiger partial charge in [-0.2, -0.15) is 0 Å². The summed E-state index contributed by atoms with van der Waals surface area (Å²) >= 11 is 1.64. The smallest absolute Gasteiger partial charge is 0.315 e. The van der Waals surface area contributed by atoms with Crippen LogP contribution >= 0.6 is 11.3 Å². The highest BCUT2D eigenvalue weighted by molar-refractivity contribution is 7.09. The van der Waals surface area contributed by atoms with Gasteiger partial charge in [0.2, 0.25) is 5.89 Å². The van der Waals surface area contributed by atoms with Gasteiger partial charge >= 0.3 is 6.01 Å². The molecule has 0 saturated heterocycles. The second kappa shape index (κ2) is 5.69. The fourth-order valence-electron chi connectivity index (χ4n) is 2.52. The standard InChI is InChI=1S/C13H18N4OS/c1-9-11(19-8-15-9)7-14-13-17-16-12(18-13)6-10-4-2-3-5-10/h8,10H,2-7H2,1H3,(H,14,17). The number of nitrogens with one attached hydrogen (secondary N) is 1. The van der Waals surface area contributed by atoms with Crippen molar-refractivity contribution in [3.8, 4) is 0 Å². The minimum absolute atomic E-state index is 0.515. The van der Waals surface area contributed by atoms with Crippen molar-refractivity contribution in [1.29, 1.82) is 0 Å². The first-order valence-electron chi connectivity index (χ1n) is 6.76. The van der Waals surface area contributed by atoms with Crippen LogP contribution in [0.4, 0.5) is 6.01 Å². The molecule has 0 amide bonds. The van der Waals surface area contributed by atoms with E-state index in [4.69, 9.17) is 4.42 Å². The lowest BCUT2D eigenvalue weighted by Crippen LogP contribution is -1.99. The lowest BCUT2D eigenvalue weighted by molar-refractivity contribution is 0.437. The molecule has 0 bridgehead atoms. The Morgan fingerprint density at radius 3 is 2.95 bits per heavy atom. The summed E-state index contributed by atoms with van der Waals surface area (Å²) in [5.74, 6) is 1.49. The van der Waals surface area contributed by atoms with Crippen LogP contribution in [0, 0.1) is 12.8 Å². The normalized spacial score (nSPS) is 16.1. The Labute approximate surface area is 116 Å². The third-order valence-corrected chi connectivity index (χ3v) is 4.59. The Morgan fingerprint density at radius 1 is 1.37 bits per heavy atom. The molecule has 1 fully saturated rings. The number of hydrogen-bond donors (Lipinski definition) is 1. The van der Waals surface area contributed by atoms with Gasteiger partial charge in [-0.3, -0.25) is 0 Å². The van der Waals surface area contributed by atoms with Crippen molar-refractivity contribution >= 4 is 17.4 Å². The van der Waals surface area contributed by atoms with Crippen LogP contribution in [0.1, 0.15) is 42.1 Å². The Kier molecular flexibility index (Phi) is 3.77. The molecular formula is C13H18N4OS. The van der Waals surface area contributed by atoms with Gasteiger partial charge in [-0.15, -0.1) is 16.4 Å². The van der Waals surface area contributed by atoms with E-state index in [1.807, 2.05) is 12.4 Å². The zero-order valence-corrected chi connectivity index (χ0v) is 11.9. The van der Waals surface area contributed by atoms with Crippen molar-refractivity contribution in [3.05, 3.63) is 22.0 Å². The number of thiazole rings is 1. The monoisotopic (exact) mass is 278 g/mol. The van der Waals surface area contributed by atoms with E-state index < -0.39 is 0 Å². The largest absolute Gasteiger partial charge is 0.408 e. The van der Waals surface area contributed by atoms with Crippen LogP contribution < -0.4 is 5.32 Å². The third kappa shape index (κ3) is 3.12. The quantitative estimate of drug-likeness (QED) is 0.910. The summed E-state index contributed by atoms with van der Waals surface area (Å²) in [6, 6.07) is 0.515. The second-order valence-corrected chi connectivity index (χ2v) is 6.01. The molecule has 0 atom stereocenters. The zero-order valence-electron chi connectivity index (χ0n) is 11.1. The molecule has 1 aliphatic carbocycles. The van der Waals surface area contributed by atoms with Crippen LogP contribution in [-0.2, 0) is 13.0 Å². The third-order valence-electron chi connectivity index (χ3n) is 3.65. The topological polar surface area (TPSA) is 63.8 Å². The summed E-state index contributed by atoms with van der Waals surface area (Å²) in [6.07, 6.45) is 6.20. The van der Waals surface area contributed by atoms with Crippen LogP contribution in [0.25, 0.3) is 0 Å². The summed E-state index contributed by atoms with van der Waals surface area (Å²) in [5, 5.41) is 11.3. The second-order valence-electron chi connectivity index (χ2n) is 5.07. The lowest BCUT2D eigenvalue weighted by atomic mass is 10.0. The first-order chi connectivity index (χ1) is 9.31. The fraction of sp³-hybridized carbons (Fsp3) is 0.615. The number of nitrogens with zero attached hydrogens (tertiary/aromatic N) is 3. The van der Waals surface area contributed by atoms with Crippen molar-refractivity contribution in [2.24, 2.45) is 5.92 Å². The van der Waals surface area contributed by atoms with Crippen LogP contribution in [0.5, 0.6) is 0 Å². The van der Waals surface area contributed by atoms with E-state index in [0.29, 0.717) is 12.6 Å². The summed E-state index contributed by atoms with van der Waals surface area (Å²) in [5.41, 5.74) is 2.91. The molecule has 1 saturated carbocycles. The van der Waals surface area contributed by atoms with Gasteiger partial charge in [-0.25, -0.2) is 4.98 Å². The van der Waals surface area contributed by atoms with Gasteiger partial charge in [0.25, 0.3) is 0 Å². The molecule has 1 N–H and O–H groups in total. The average Bonchev–Trinajstić information content (AvgIpc) is 3.10. The first kappa shape index (κ1) is 12.6. The molecule has 2 aromatic heterocycles. The molecule has 3 rings (SSSR count). The average molecular weight is 278 g/mol. The van der Waals surface area contributed by atoms with Crippen molar-refractivity contribution in [3.63, 3.8) is 0 Å². The number of anilines is 1. The van der Waals surface area contributed by atoms with E-state index in [1.54, 1.807) is 11.3 Å². The maximum absolute atomic E-state index is 5.63. The van der Waals surface area contributed by atoms with Gasteiger partial charge < -0.3 is 9.73 Å². The van der Waals surface area contributed by atoms with E-state index in [-0.39, 0.29) is 0 Å².